The second-order valence-corrected chi connectivity index (χ2v) is 4.31. The van der Waals surface area contributed by atoms with Gasteiger partial charge in [0.25, 0.3) is 0 Å². The molecule has 0 fully saturated rings. The molecule has 0 aliphatic rings. The summed E-state index contributed by atoms with van der Waals surface area (Å²) in [5.74, 6) is 0.616. The molecule has 0 aliphatic heterocycles. The minimum Gasteiger partial charge on any atom is -0.489 e. The van der Waals surface area contributed by atoms with Crippen molar-refractivity contribution in [3.05, 3.63) is 91.6 Å². The minimum atomic E-state index is 0. The van der Waals surface area contributed by atoms with Crippen LogP contribution in [0.15, 0.2) is 83.9 Å². The van der Waals surface area contributed by atoms with E-state index >= 15 is 0 Å². The minimum absolute atomic E-state index is 0. The third-order valence-electron chi connectivity index (χ3n) is 2.82. The van der Waals surface area contributed by atoms with Crippen molar-refractivity contribution in [2.45, 2.75) is 0 Å². The van der Waals surface area contributed by atoms with Gasteiger partial charge in [0.2, 0.25) is 0 Å². The van der Waals surface area contributed by atoms with Crippen LogP contribution in [0.5, 0.6) is 0 Å². The number of hydrogen-bond donors (Lipinski definition) is 0. The van der Waals surface area contributed by atoms with E-state index < -0.39 is 0 Å². The van der Waals surface area contributed by atoms with Gasteiger partial charge in [-0.25, -0.2) is 0 Å². The summed E-state index contributed by atoms with van der Waals surface area (Å²) >= 11 is 0. The molecule has 4 nitrogen and oxygen atoms in total. The number of aromatic nitrogens is 3. The number of oxazole rings is 1. The Morgan fingerprint density at radius 3 is 2.30 bits per heavy atom. The van der Waals surface area contributed by atoms with Gasteiger partial charge in [0.15, 0.2) is 0 Å². The molecule has 0 atom stereocenters. The first kappa shape index (κ1) is 16.9. The van der Waals surface area contributed by atoms with E-state index in [4.69, 9.17) is 4.42 Å². The molecule has 2 heterocycles. The zero-order valence-electron chi connectivity index (χ0n) is 12.1. The van der Waals surface area contributed by atoms with Crippen LogP contribution in [0.4, 0.5) is 0 Å². The third-order valence-corrected chi connectivity index (χ3v) is 2.82. The second kappa shape index (κ2) is 8.83. The van der Waals surface area contributed by atoms with Gasteiger partial charge in [-0.15, -0.1) is 36.4 Å². The fourth-order valence-corrected chi connectivity index (χ4v) is 1.82. The van der Waals surface area contributed by atoms with Crippen LogP contribution in [0.1, 0.15) is 0 Å². The van der Waals surface area contributed by atoms with Gasteiger partial charge in [-0.1, -0.05) is 5.56 Å². The quantitative estimate of drug-likeness (QED) is 0.411. The number of rotatable bonds is 2. The fraction of sp³-hybridized carbons (Fsp3) is 0. The van der Waals surface area contributed by atoms with Crippen molar-refractivity contribution >= 4 is 0 Å². The Morgan fingerprint density at radius 1 is 0.913 bits per heavy atom. The topological polar surface area (TPSA) is 43.9 Å². The summed E-state index contributed by atoms with van der Waals surface area (Å²) in [6.07, 6.45) is 6.82. The van der Waals surface area contributed by atoms with Crippen LogP contribution < -0.4 is 0 Å². The maximum atomic E-state index is 5.08. The summed E-state index contributed by atoms with van der Waals surface area (Å²) in [7, 11) is 0. The molecule has 0 N–H and O–H groups in total. The van der Waals surface area contributed by atoms with Gasteiger partial charge in [-0.05, 0) is 11.8 Å². The van der Waals surface area contributed by atoms with Crippen LogP contribution in [-0.2, 0) is 20.1 Å². The summed E-state index contributed by atoms with van der Waals surface area (Å²) in [5, 5.41) is 4.07. The van der Waals surface area contributed by atoms with Crippen molar-refractivity contribution in [1.29, 1.82) is 0 Å². The molecule has 1 radical (unpaired) electrons. The Balaban J connectivity index is 0.000000160. The van der Waals surface area contributed by atoms with Crippen molar-refractivity contribution in [3.8, 4) is 17.1 Å². The Hall–Kier alpha value is -2.49. The van der Waals surface area contributed by atoms with E-state index in [9.17, 15) is 0 Å². The first-order valence-electron chi connectivity index (χ1n) is 6.77. The molecule has 5 heteroatoms. The maximum absolute atomic E-state index is 5.08. The number of nitrogens with zero attached hydrogens (tertiary/aromatic N) is 3. The molecule has 4 rings (SSSR count). The normalized spacial score (nSPS) is 9.39. The van der Waals surface area contributed by atoms with Gasteiger partial charge in [-0.2, -0.15) is 29.4 Å². The van der Waals surface area contributed by atoms with Crippen LogP contribution in [0.2, 0.25) is 0 Å². The van der Waals surface area contributed by atoms with Crippen molar-refractivity contribution in [2.75, 3.05) is 0 Å². The zero-order chi connectivity index (χ0) is 15.0. The summed E-state index contributed by atoms with van der Waals surface area (Å²) in [5.41, 5.74) is 1.86. The Kier molecular flexibility index (Phi) is 6.48. The van der Waals surface area contributed by atoms with E-state index in [1.807, 2.05) is 60.8 Å². The van der Waals surface area contributed by atoms with Gasteiger partial charge >= 0.3 is 0 Å². The SMILES string of the molecule is [Ir].[c-]1ccccc1-c1ncco1.[c-]1ccccc1-n1cccn1. The maximum Gasteiger partial charge on any atom is 0.140 e. The first-order valence-corrected chi connectivity index (χ1v) is 6.77. The Labute approximate surface area is 148 Å². The smallest absolute Gasteiger partial charge is 0.140 e. The average molecular weight is 480 g/mol. The van der Waals surface area contributed by atoms with E-state index in [1.165, 1.54) is 0 Å². The van der Waals surface area contributed by atoms with Gasteiger partial charge in [0.05, 0.1) is 12.5 Å². The predicted molar refractivity (Wildman–Crippen MR) is 83.2 cm³/mol. The van der Waals surface area contributed by atoms with E-state index in [0.29, 0.717) is 5.89 Å². The van der Waals surface area contributed by atoms with E-state index in [2.05, 4.69) is 22.2 Å². The van der Waals surface area contributed by atoms with E-state index in [0.717, 1.165) is 11.3 Å². The summed E-state index contributed by atoms with van der Waals surface area (Å²) in [4.78, 5) is 3.99. The molecule has 0 bridgehead atoms. The Bertz CT molecular complexity index is 700. The molecule has 0 unspecified atom stereocenters. The van der Waals surface area contributed by atoms with Crippen LogP contribution in [0, 0.1) is 12.1 Å². The largest absolute Gasteiger partial charge is 0.489 e. The second-order valence-electron chi connectivity index (χ2n) is 4.31. The van der Waals surface area contributed by atoms with Crippen LogP contribution in [0.3, 0.4) is 0 Å². The number of benzene rings is 2. The van der Waals surface area contributed by atoms with Crippen molar-refractivity contribution in [1.82, 2.24) is 14.8 Å². The van der Waals surface area contributed by atoms with E-state index in [1.54, 1.807) is 23.3 Å². The van der Waals surface area contributed by atoms with Crippen LogP contribution in [0.25, 0.3) is 17.1 Å². The standard InChI is InChI=1S/C9H7N2.C9H6NO.Ir/c1-2-5-9(6-3-1)11-8-4-7-10-11;1-2-4-8(5-3-1)9-10-6-7-11-9;/h1-5,7-8H;1-4,6-7H;/q2*-1;. The molecule has 23 heavy (non-hydrogen) atoms. The molecule has 117 valence electrons. The monoisotopic (exact) mass is 480 g/mol. The van der Waals surface area contributed by atoms with Crippen molar-refractivity contribution in [2.24, 2.45) is 0 Å². The molecule has 0 amide bonds. The molecular formula is C18H13IrN3O-2. The molecule has 2 aromatic carbocycles. The van der Waals surface area contributed by atoms with Crippen LogP contribution in [-0.4, -0.2) is 14.8 Å². The number of para-hydroxylation sites is 1. The van der Waals surface area contributed by atoms with Crippen molar-refractivity contribution in [3.63, 3.8) is 0 Å². The first-order chi connectivity index (χ1) is 10.9. The van der Waals surface area contributed by atoms with Crippen molar-refractivity contribution < 1.29 is 24.5 Å². The van der Waals surface area contributed by atoms with Gasteiger partial charge in [0.1, 0.15) is 5.89 Å². The average Bonchev–Trinajstić information content (AvgIpc) is 3.31. The third kappa shape index (κ3) is 4.74. The summed E-state index contributed by atoms with van der Waals surface area (Å²) in [6.45, 7) is 0. The van der Waals surface area contributed by atoms with Gasteiger partial charge < -0.3 is 4.42 Å². The van der Waals surface area contributed by atoms with Gasteiger partial charge in [0, 0.05) is 32.5 Å². The molecule has 0 saturated heterocycles. The molecule has 0 spiro atoms. The predicted octanol–water partition coefficient (Wildman–Crippen LogP) is 3.81. The fourth-order valence-electron chi connectivity index (χ4n) is 1.82. The van der Waals surface area contributed by atoms with Crippen LogP contribution >= 0.6 is 0 Å². The number of hydrogen-bond acceptors (Lipinski definition) is 3. The van der Waals surface area contributed by atoms with E-state index in [-0.39, 0.29) is 20.1 Å². The molecular weight excluding hydrogens is 466 g/mol. The molecule has 0 saturated carbocycles. The molecule has 4 aromatic rings. The van der Waals surface area contributed by atoms with Gasteiger partial charge in [-0.3, -0.25) is 9.67 Å². The zero-order valence-corrected chi connectivity index (χ0v) is 14.5. The molecule has 0 aliphatic carbocycles. The molecule has 2 aromatic heterocycles. The Morgan fingerprint density at radius 2 is 1.74 bits per heavy atom. The summed E-state index contributed by atoms with van der Waals surface area (Å²) in [6, 6.07) is 23.3. The summed E-state index contributed by atoms with van der Waals surface area (Å²) < 4.78 is 6.85.